The summed E-state index contributed by atoms with van der Waals surface area (Å²) in [5.74, 6) is 0.989. The van der Waals surface area contributed by atoms with Crippen LogP contribution in [0.3, 0.4) is 0 Å². The van der Waals surface area contributed by atoms with Gasteiger partial charge in [0.1, 0.15) is 0 Å². The van der Waals surface area contributed by atoms with Crippen LogP contribution < -0.4 is 0 Å². The van der Waals surface area contributed by atoms with Crippen LogP contribution in [0.25, 0.3) is 0 Å². The standard InChI is InChI=1S/C13H16BrN/c14-13-5-4-11-8-15(9-12(11)6-13)7-10-2-1-3-10/h4-6,10H,1-3,7-9H2. The average Bonchev–Trinajstić information content (AvgIpc) is 2.53. The Morgan fingerprint density at radius 3 is 2.73 bits per heavy atom. The van der Waals surface area contributed by atoms with Gasteiger partial charge in [-0.25, -0.2) is 0 Å². The molecule has 1 fully saturated rings. The summed E-state index contributed by atoms with van der Waals surface area (Å²) in [5, 5.41) is 0. The number of hydrogen-bond acceptors (Lipinski definition) is 1. The van der Waals surface area contributed by atoms with Crippen molar-refractivity contribution in [2.24, 2.45) is 5.92 Å². The molecular formula is C13H16BrN. The van der Waals surface area contributed by atoms with E-state index in [0.29, 0.717) is 0 Å². The van der Waals surface area contributed by atoms with Gasteiger partial charge in [-0.2, -0.15) is 0 Å². The van der Waals surface area contributed by atoms with Gasteiger partial charge >= 0.3 is 0 Å². The fraction of sp³-hybridized carbons (Fsp3) is 0.538. The second-order valence-electron chi connectivity index (χ2n) is 4.88. The Bertz CT molecular complexity index is 371. The fourth-order valence-corrected chi connectivity index (χ4v) is 3.01. The third-order valence-corrected chi connectivity index (χ3v) is 4.19. The van der Waals surface area contributed by atoms with Crippen molar-refractivity contribution in [1.82, 2.24) is 4.90 Å². The highest BCUT2D eigenvalue weighted by molar-refractivity contribution is 9.10. The lowest BCUT2D eigenvalue weighted by atomic mass is 9.85. The Morgan fingerprint density at radius 2 is 2.00 bits per heavy atom. The maximum absolute atomic E-state index is 3.54. The zero-order valence-electron chi connectivity index (χ0n) is 8.88. The molecule has 0 unspecified atom stereocenters. The second-order valence-corrected chi connectivity index (χ2v) is 5.80. The Kier molecular flexibility index (Phi) is 2.57. The van der Waals surface area contributed by atoms with Crippen molar-refractivity contribution in [1.29, 1.82) is 0 Å². The minimum Gasteiger partial charge on any atom is -0.295 e. The molecule has 15 heavy (non-hydrogen) atoms. The molecule has 1 saturated carbocycles. The van der Waals surface area contributed by atoms with Crippen molar-refractivity contribution >= 4 is 15.9 Å². The molecule has 1 aliphatic heterocycles. The number of halogens is 1. The Labute approximate surface area is 99.6 Å². The van der Waals surface area contributed by atoms with Crippen LogP contribution in [0.4, 0.5) is 0 Å². The molecule has 0 amide bonds. The van der Waals surface area contributed by atoms with E-state index < -0.39 is 0 Å². The summed E-state index contributed by atoms with van der Waals surface area (Å²) in [5.41, 5.74) is 3.04. The van der Waals surface area contributed by atoms with E-state index in [9.17, 15) is 0 Å². The van der Waals surface area contributed by atoms with Gasteiger partial charge in [0, 0.05) is 24.1 Å². The zero-order valence-corrected chi connectivity index (χ0v) is 10.5. The van der Waals surface area contributed by atoms with Gasteiger partial charge in [0.2, 0.25) is 0 Å². The van der Waals surface area contributed by atoms with Gasteiger partial charge in [-0.3, -0.25) is 4.90 Å². The largest absolute Gasteiger partial charge is 0.295 e. The normalized spacial score (nSPS) is 21.4. The highest BCUT2D eigenvalue weighted by atomic mass is 79.9. The molecule has 0 bridgehead atoms. The van der Waals surface area contributed by atoms with Gasteiger partial charge in [0.05, 0.1) is 0 Å². The molecule has 0 spiro atoms. The van der Waals surface area contributed by atoms with E-state index >= 15 is 0 Å². The van der Waals surface area contributed by atoms with Gasteiger partial charge in [-0.1, -0.05) is 28.4 Å². The van der Waals surface area contributed by atoms with Crippen molar-refractivity contribution in [3.63, 3.8) is 0 Å². The first-order valence-electron chi connectivity index (χ1n) is 5.81. The highest BCUT2D eigenvalue weighted by Crippen LogP contribution is 2.31. The van der Waals surface area contributed by atoms with Crippen LogP contribution in [-0.4, -0.2) is 11.4 Å². The minimum absolute atomic E-state index is 0.989. The predicted molar refractivity (Wildman–Crippen MR) is 65.6 cm³/mol. The first-order chi connectivity index (χ1) is 7.31. The maximum atomic E-state index is 3.54. The number of benzene rings is 1. The zero-order chi connectivity index (χ0) is 10.3. The van der Waals surface area contributed by atoms with Gasteiger partial charge in [-0.05, 0) is 42.0 Å². The van der Waals surface area contributed by atoms with E-state index in [1.54, 1.807) is 0 Å². The lowest BCUT2D eigenvalue weighted by Gasteiger charge is -2.29. The summed E-state index contributed by atoms with van der Waals surface area (Å²) in [6.07, 6.45) is 4.37. The topological polar surface area (TPSA) is 3.24 Å². The SMILES string of the molecule is Brc1ccc2c(c1)CN(CC1CCC1)C2. The first kappa shape index (κ1) is 9.86. The fourth-order valence-electron chi connectivity index (χ4n) is 2.60. The van der Waals surface area contributed by atoms with Crippen molar-refractivity contribution < 1.29 is 0 Å². The molecule has 1 aromatic rings. The van der Waals surface area contributed by atoms with Crippen LogP contribution in [-0.2, 0) is 13.1 Å². The van der Waals surface area contributed by atoms with E-state index in [0.717, 1.165) is 12.5 Å². The van der Waals surface area contributed by atoms with E-state index in [1.807, 2.05) is 0 Å². The van der Waals surface area contributed by atoms with Crippen molar-refractivity contribution in [3.05, 3.63) is 33.8 Å². The molecule has 1 aliphatic carbocycles. The molecule has 0 aromatic heterocycles. The number of fused-ring (bicyclic) bond motifs is 1. The number of hydrogen-bond donors (Lipinski definition) is 0. The molecule has 0 saturated heterocycles. The van der Waals surface area contributed by atoms with Crippen molar-refractivity contribution in [3.8, 4) is 0 Å². The van der Waals surface area contributed by atoms with E-state index in [4.69, 9.17) is 0 Å². The first-order valence-corrected chi connectivity index (χ1v) is 6.60. The van der Waals surface area contributed by atoms with E-state index in [2.05, 4.69) is 39.0 Å². The molecule has 2 aliphatic rings. The quantitative estimate of drug-likeness (QED) is 0.791. The average molecular weight is 266 g/mol. The molecule has 1 aromatic carbocycles. The lowest BCUT2D eigenvalue weighted by Crippen LogP contribution is -2.28. The predicted octanol–water partition coefficient (Wildman–Crippen LogP) is 3.56. The maximum Gasteiger partial charge on any atom is 0.0241 e. The van der Waals surface area contributed by atoms with Gasteiger partial charge in [0.15, 0.2) is 0 Å². The summed E-state index contributed by atoms with van der Waals surface area (Å²) in [7, 11) is 0. The van der Waals surface area contributed by atoms with Crippen molar-refractivity contribution in [2.45, 2.75) is 32.4 Å². The Balaban J connectivity index is 1.68. The van der Waals surface area contributed by atoms with Gasteiger partial charge in [0.25, 0.3) is 0 Å². The van der Waals surface area contributed by atoms with Crippen LogP contribution in [0.2, 0.25) is 0 Å². The molecule has 0 atom stereocenters. The van der Waals surface area contributed by atoms with Crippen LogP contribution in [0, 0.1) is 5.92 Å². The monoisotopic (exact) mass is 265 g/mol. The van der Waals surface area contributed by atoms with Crippen LogP contribution in [0.5, 0.6) is 0 Å². The third kappa shape index (κ3) is 1.98. The molecule has 80 valence electrons. The van der Waals surface area contributed by atoms with Crippen LogP contribution in [0.15, 0.2) is 22.7 Å². The lowest BCUT2D eigenvalue weighted by molar-refractivity contribution is 0.179. The Hall–Kier alpha value is -0.340. The molecule has 0 N–H and O–H groups in total. The van der Waals surface area contributed by atoms with Crippen LogP contribution in [0.1, 0.15) is 30.4 Å². The van der Waals surface area contributed by atoms with Gasteiger partial charge in [-0.15, -0.1) is 0 Å². The second kappa shape index (κ2) is 3.91. The minimum atomic E-state index is 0.989. The number of rotatable bonds is 2. The smallest absolute Gasteiger partial charge is 0.0241 e. The molecular weight excluding hydrogens is 250 g/mol. The molecule has 1 nitrogen and oxygen atoms in total. The van der Waals surface area contributed by atoms with E-state index in [-0.39, 0.29) is 0 Å². The molecule has 2 heteroatoms. The summed E-state index contributed by atoms with van der Waals surface area (Å²) in [6.45, 7) is 3.64. The summed E-state index contributed by atoms with van der Waals surface area (Å²) < 4.78 is 1.21. The number of nitrogens with zero attached hydrogens (tertiary/aromatic N) is 1. The molecule has 1 heterocycles. The molecule has 0 radical (unpaired) electrons. The van der Waals surface area contributed by atoms with Gasteiger partial charge < -0.3 is 0 Å². The van der Waals surface area contributed by atoms with Crippen LogP contribution >= 0.6 is 15.9 Å². The third-order valence-electron chi connectivity index (χ3n) is 3.70. The Morgan fingerprint density at radius 1 is 1.20 bits per heavy atom. The van der Waals surface area contributed by atoms with Crippen molar-refractivity contribution in [2.75, 3.05) is 6.54 Å². The highest BCUT2D eigenvalue weighted by Gasteiger charge is 2.24. The summed E-state index contributed by atoms with van der Waals surface area (Å²) in [6, 6.07) is 6.70. The molecule has 3 rings (SSSR count). The van der Waals surface area contributed by atoms with E-state index in [1.165, 1.54) is 48.0 Å². The summed E-state index contributed by atoms with van der Waals surface area (Å²) in [4.78, 5) is 2.60. The summed E-state index contributed by atoms with van der Waals surface area (Å²) >= 11 is 3.54.